The molecular formula is C17H18FNO3. The highest BCUT2D eigenvalue weighted by Crippen LogP contribution is 2.15. The van der Waals surface area contributed by atoms with E-state index in [0.29, 0.717) is 13.2 Å². The molecule has 0 bridgehead atoms. The second-order valence-electron chi connectivity index (χ2n) is 4.58. The van der Waals surface area contributed by atoms with Crippen molar-refractivity contribution in [2.24, 2.45) is 0 Å². The lowest BCUT2D eigenvalue weighted by molar-refractivity contribution is -0.123. The van der Waals surface area contributed by atoms with E-state index in [4.69, 9.17) is 9.47 Å². The van der Waals surface area contributed by atoms with Gasteiger partial charge in [-0.25, -0.2) is 4.39 Å². The molecule has 0 heterocycles. The molecular weight excluding hydrogens is 285 g/mol. The van der Waals surface area contributed by atoms with Crippen molar-refractivity contribution in [3.05, 3.63) is 59.9 Å². The third-order valence-electron chi connectivity index (χ3n) is 2.89. The summed E-state index contributed by atoms with van der Waals surface area (Å²) in [6, 6.07) is 13.4. The molecule has 116 valence electrons. The molecule has 0 unspecified atom stereocenters. The summed E-state index contributed by atoms with van der Waals surface area (Å²) in [6.07, 6.45) is 0. The van der Waals surface area contributed by atoms with Crippen molar-refractivity contribution in [3.8, 4) is 11.5 Å². The maximum Gasteiger partial charge on any atom is 0.258 e. The van der Waals surface area contributed by atoms with Crippen LogP contribution in [0.2, 0.25) is 0 Å². The average Bonchev–Trinajstić information content (AvgIpc) is 2.53. The maximum absolute atomic E-state index is 13.3. The van der Waals surface area contributed by atoms with Crippen LogP contribution in [-0.2, 0) is 11.3 Å². The zero-order valence-electron chi connectivity index (χ0n) is 12.3. The molecule has 0 saturated heterocycles. The van der Waals surface area contributed by atoms with Crippen LogP contribution in [0.1, 0.15) is 12.5 Å². The molecule has 0 saturated carbocycles. The Hall–Kier alpha value is -2.56. The van der Waals surface area contributed by atoms with Crippen LogP contribution in [0.5, 0.6) is 11.5 Å². The van der Waals surface area contributed by atoms with E-state index < -0.39 is 5.82 Å². The van der Waals surface area contributed by atoms with Gasteiger partial charge in [0.15, 0.2) is 18.2 Å². The quantitative estimate of drug-likeness (QED) is 0.855. The Balaban J connectivity index is 1.80. The van der Waals surface area contributed by atoms with E-state index in [-0.39, 0.29) is 18.3 Å². The fraction of sp³-hybridized carbons (Fsp3) is 0.235. The highest BCUT2D eigenvalue weighted by molar-refractivity contribution is 5.77. The second kappa shape index (κ2) is 8.02. The molecule has 0 spiro atoms. The van der Waals surface area contributed by atoms with Gasteiger partial charge in [-0.1, -0.05) is 24.3 Å². The standard InChI is InChI=1S/C17H18FNO3/c1-2-21-14-7-5-6-13(10-14)11-19-17(20)12-22-16-9-4-3-8-15(16)18/h3-10H,2,11-12H2,1H3,(H,19,20). The normalized spacial score (nSPS) is 10.1. The predicted octanol–water partition coefficient (Wildman–Crippen LogP) is 2.92. The Bertz CT molecular complexity index is 631. The number of halogens is 1. The van der Waals surface area contributed by atoms with E-state index in [2.05, 4.69) is 5.32 Å². The summed E-state index contributed by atoms with van der Waals surface area (Å²) in [5.41, 5.74) is 0.921. The minimum Gasteiger partial charge on any atom is -0.494 e. The van der Waals surface area contributed by atoms with E-state index in [1.807, 2.05) is 31.2 Å². The van der Waals surface area contributed by atoms with Gasteiger partial charge < -0.3 is 14.8 Å². The lowest BCUT2D eigenvalue weighted by atomic mass is 10.2. The number of rotatable bonds is 7. The van der Waals surface area contributed by atoms with Gasteiger partial charge in [0, 0.05) is 6.54 Å². The lowest BCUT2D eigenvalue weighted by Gasteiger charge is -2.09. The molecule has 0 aromatic heterocycles. The average molecular weight is 303 g/mol. The molecule has 22 heavy (non-hydrogen) atoms. The van der Waals surface area contributed by atoms with E-state index in [1.165, 1.54) is 12.1 Å². The number of hydrogen-bond acceptors (Lipinski definition) is 3. The lowest BCUT2D eigenvalue weighted by Crippen LogP contribution is -2.28. The van der Waals surface area contributed by atoms with Gasteiger partial charge in [0.25, 0.3) is 5.91 Å². The van der Waals surface area contributed by atoms with Crippen molar-refractivity contribution in [1.29, 1.82) is 0 Å². The van der Waals surface area contributed by atoms with Crippen molar-refractivity contribution in [1.82, 2.24) is 5.32 Å². The molecule has 5 heteroatoms. The van der Waals surface area contributed by atoms with Gasteiger partial charge in [0.1, 0.15) is 5.75 Å². The fourth-order valence-electron chi connectivity index (χ4n) is 1.87. The van der Waals surface area contributed by atoms with Gasteiger partial charge in [0.05, 0.1) is 6.61 Å². The molecule has 1 N–H and O–H groups in total. The Morgan fingerprint density at radius 3 is 2.73 bits per heavy atom. The van der Waals surface area contributed by atoms with Crippen LogP contribution < -0.4 is 14.8 Å². The molecule has 2 aromatic rings. The SMILES string of the molecule is CCOc1cccc(CNC(=O)COc2ccccc2F)c1. The van der Waals surface area contributed by atoms with Crippen LogP contribution in [0.4, 0.5) is 4.39 Å². The number of carbonyl (C=O) groups excluding carboxylic acids is 1. The summed E-state index contributed by atoms with van der Waals surface area (Å²) in [5, 5.41) is 2.72. The summed E-state index contributed by atoms with van der Waals surface area (Å²) >= 11 is 0. The van der Waals surface area contributed by atoms with Crippen LogP contribution in [-0.4, -0.2) is 19.1 Å². The number of ether oxygens (including phenoxy) is 2. The van der Waals surface area contributed by atoms with E-state index >= 15 is 0 Å². The van der Waals surface area contributed by atoms with Gasteiger partial charge in [-0.3, -0.25) is 4.79 Å². The summed E-state index contributed by atoms with van der Waals surface area (Å²) in [5.74, 6) is 0.0256. The molecule has 0 aliphatic rings. The summed E-state index contributed by atoms with van der Waals surface area (Å²) in [7, 11) is 0. The number of amides is 1. The number of hydrogen-bond donors (Lipinski definition) is 1. The van der Waals surface area contributed by atoms with Crippen molar-refractivity contribution in [2.45, 2.75) is 13.5 Å². The highest BCUT2D eigenvalue weighted by Gasteiger charge is 2.06. The summed E-state index contributed by atoms with van der Waals surface area (Å²) in [4.78, 5) is 11.7. The zero-order valence-corrected chi connectivity index (χ0v) is 12.3. The number of benzene rings is 2. The third kappa shape index (κ3) is 4.77. The Morgan fingerprint density at radius 1 is 1.14 bits per heavy atom. The first-order valence-corrected chi connectivity index (χ1v) is 7.05. The second-order valence-corrected chi connectivity index (χ2v) is 4.58. The number of para-hydroxylation sites is 1. The fourth-order valence-corrected chi connectivity index (χ4v) is 1.87. The molecule has 4 nitrogen and oxygen atoms in total. The number of carbonyl (C=O) groups is 1. The smallest absolute Gasteiger partial charge is 0.258 e. The van der Waals surface area contributed by atoms with Gasteiger partial charge in [0.2, 0.25) is 0 Å². The molecule has 0 aliphatic carbocycles. The van der Waals surface area contributed by atoms with Crippen molar-refractivity contribution < 1.29 is 18.7 Å². The van der Waals surface area contributed by atoms with E-state index in [9.17, 15) is 9.18 Å². The number of nitrogens with one attached hydrogen (secondary N) is 1. The minimum atomic E-state index is -0.486. The molecule has 2 aromatic carbocycles. The summed E-state index contributed by atoms with van der Waals surface area (Å²) < 4.78 is 23.9. The van der Waals surface area contributed by atoms with Gasteiger partial charge in [-0.05, 0) is 36.8 Å². The van der Waals surface area contributed by atoms with Gasteiger partial charge in [-0.15, -0.1) is 0 Å². The van der Waals surface area contributed by atoms with Crippen molar-refractivity contribution >= 4 is 5.91 Å². The van der Waals surface area contributed by atoms with Crippen LogP contribution in [0.3, 0.4) is 0 Å². The molecule has 2 rings (SSSR count). The third-order valence-corrected chi connectivity index (χ3v) is 2.89. The molecule has 0 radical (unpaired) electrons. The van der Waals surface area contributed by atoms with Crippen molar-refractivity contribution in [2.75, 3.05) is 13.2 Å². The zero-order chi connectivity index (χ0) is 15.8. The largest absolute Gasteiger partial charge is 0.494 e. The van der Waals surface area contributed by atoms with E-state index in [0.717, 1.165) is 11.3 Å². The first kappa shape index (κ1) is 15.8. The molecule has 0 fully saturated rings. The monoisotopic (exact) mass is 303 g/mol. The molecule has 0 aliphatic heterocycles. The first-order valence-electron chi connectivity index (χ1n) is 7.05. The Labute approximate surface area is 128 Å². The topological polar surface area (TPSA) is 47.6 Å². The molecule has 0 atom stereocenters. The van der Waals surface area contributed by atoms with Crippen LogP contribution >= 0.6 is 0 Å². The Kier molecular flexibility index (Phi) is 5.77. The maximum atomic E-state index is 13.3. The Morgan fingerprint density at radius 2 is 1.95 bits per heavy atom. The highest BCUT2D eigenvalue weighted by atomic mass is 19.1. The van der Waals surface area contributed by atoms with Crippen LogP contribution in [0.25, 0.3) is 0 Å². The predicted molar refractivity (Wildman–Crippen MR) is 81.4 cm³/mol. The van der Waals surface area contributed by atoms with Crippen molar-refractivity contribution in [3.63, 3.8) is 0 Å². The van der Waals surface area contributed by atoms with Crippen LogP contribution in [0, 0.1) is 5.82 Å². The molecule has 1 amide bonds. The van der Waals surface area contributed by atoms with Gasteiger partial charge >= 0.3 is 0 Å². The van der Waals surface area contributed by atoms with Crippen LogP contribution in [0.15, 0.2) is 48.5 Å². The minimum absolute atomic E-state index is 0.0657. The van der Waals surface area contributed by atoms with Gasteiger partial charge in [-0.2, -0.15) is 0 Å². The van der Waals surface area contributed by atoms with E-state index in [1.54, 1.807) is 12.1 Å². The first-order chi connectivity index (χ1) is 10.7. The summed E-state index contributed by atoms with van der Waals surface area (Å²) in [6.45, 7) is 2.63.